The van der Waals surface area contributed by atoms with Crippen molar-refractivity contribution < 1.29 is 0 Å². The summed E-state index contributed by atoms with van der Waals surface area (Å²) in [6.07, 6.45) is 3.68. The van der Waals surface area contributed by atoms with Crippen molar-refractivity contribution in [1.29, 1.82) is 0 Å². The highest BCUT2D eigenvalue weighted by molar-refractivity contribution is 5.21. The van der Waals surface area contributed by atoms with Crippen molar-refractivity contribution in [3.8, 4) is 0 Å². The third-order valence-corrected chi connectivity index (χ3v) is 1.73. The second-order valence-corrected chi connectivity index (χ2v) is 3.15. The molecule has 1 atom stereocenters. The Balaban J connectivity index is 2.18. The SMILES string of the molecule is CC1CC1=CCN(C)C. The van der Waals surface area contributed by atoms with Crippen LogP contribution in [0.5, 0.6) is 0 Å². The summed E-state index contributed by atoms with van der Waals surface area (Å²) in [5.41, 5.74) is 1.64. The minimum atomic E-state index is 0.893. The number of nitrogens with zero attached hydrogens (tertiary/aromatic N) is 1. The smallest absolute Gasteiger partial charge is 0.0159 e. The molecule has 1 nitrogen and oxygen atoms in total. The normalized spacial score (nSPS) is 29.8. The highest BCUT2D eigenvalue weighted by Gasteiger charge is 2.22. The van der Waals surface area contributed by atoms with Crippen molar-refractivity contribution in [2.45, 2.75) is 13.3 Å². The zero-order valence-electron chi connectivity index (χ0n) is 6.52. The van der Waals surface area contributed by atoms with Crippen LogP contribution in [0.1, 0.15) is 13.3 Å². The molecule has 0 bridgehead atoms. The largest absolute Gasteiger partial charge is 0.306 e. The van der Waals surface area contributed by atoms with Gasteiger partial charge < -0.3 is 4.90 Å². The van der Waals surface area contributed by atoms with Crippen molar-refractivity contribution in [1.82, 2.24) is 4.90 Å². The fourth-order valence-electron chi connectivity index (χ4n) is 0.879. The van der Waals surface area contributed by atoms with Crippen LogP contribution in [0, 0.1) is 5.92 Å². The molecule has 0 spiro atoms. The average molecular weight is 125 g/mol. The molecular formula is C8H15N. The monoisotopic (exact) mass is 125 g/mol. The van der Waals surface area contributed by atoms with E-state index in [1.807, 2.05) is 0 Å². The van der Waals surface area contributed by atoms with E-state index in [0.29, 0.717) is 0 Å². The van der Waals surface area contributed by atoms with Gasteiger partial charge in [-0.3, -0.25) is 0 Å². The molecule has 0 N–H and O–H groups in total. The van der Waals surface area contributed by atoms with Crippen molar-refractivity contribution in [2.75, 3.05) is 20.6 Å². The predicted molar refractivity (Wildman–Crippen MR) is 40.4 cm³/mol. The van der Waals surface area contributed by atoms with E-state index in [1.165, 1.54) is 6.42 Å². The third kappa shape index (κ3) is 2.19. The summed E-state index contributed by atoms with van der Waals surface area (Å²) in [7, 11) is 4.20. The Kier molecular flexibility index (Phi) is 1.91. The van der Waals surface area contributed by atoms with Crippen LogP contribution in [0.25, 0.3) is 0 Å². The van der Waals surface area contributed by atoms with E-state index in [2.05, 4.69) is 32.0 Å². The van der Waals surface area contributed by atoms with Gasteiger partial charge in [0.25, 0.3) is 0 Å². The molecule has 1 unspecified atom stereocenters. The average Bonchev–Trinajstić information content (AvgIpc) is 2.42. The summed E-state index contributed by atoms with van der Waals surface area (Å²) >= 11 is 0. The fraction of sp³-hybridized carbons (Fsp3) is 0.750. The first-order valence-electron chi connectivity index (χ1n) is 3.54. The zero-order chi connectivity index (χ0) is 6.85. The molecule has 1 heteroatoms. The molecule has 1 saturated carbocycles. The second kappa shape index (κ2) is 2.53. The number of likely N-dealkylation sites (N-methyl/N-ethyl adjacent to an activating group) is 1. The fourth-order valence-corrected chi connectivity index (χ4v) is 0.879. The number of rotatable bonds is 2. The maximum absolute atomic E-state index is 2.34. The molecular weight excluding hydrogens is 110 g/mol. The molecule has 0 aromatic rings. The summed E-state index contributed by atoms with van der Waals surface area (Å²) in [5.74, 6) is 0.893. The van der Waals surface area contributed by atoms with E-state index >= 15 is 0 Å². The van der Waals surface area contributed by atoms with Crippen molar-refractivity contribution in [3.63, 3.8) is 0 Å². The number of hydrogen-bond donors (Lipinski definition) is 0. The lowest BCUT2D eigenvalue weighted by Crippen LogP contribution is -2.10. The molecule has 0 radical (unpaired) electrons. The van der Waals surface area contributed by atoms with Gasteiger partial charge in [-0.2, -0.15) is 0 Å². The van der Waals surface area contributed by atoms with Crippen molar-refractivity contribution in [3.05, 3.63) is 11.6 Å². The summed E-state index contributed by atoms with van der Waals surface area (Å²) < 4.78 is 0. The Bertz CT molecular complexity index is 125. The standard InChI is InChI=1S/C8H15N/c1-7-6-8(7)4-5-9(2)3/h4,7H,5-6H2,1-3H3. The molecule has 0 aromatic carbocycles. The van der Waals surface area contributed by atoms with E-state index in [0.717, 1.165) is 12.5 Å². The summed E-state index contributed by atoms with van der Waals surface area (Å²) in [6, 6.07) is 0. The van der Waals surface area contributed by atoms with Crippen LogP contribution in [0.15, 0.2) is 11.6 Å². The minimum absolute atomic E-state index is 0.893. The first kappa shape index (κ1) is 6.81. The second-order valence-electron chi connectivity index (χ2n) is 3.15. The van der Waals surface area contributed by atoms with Crippen LogP contribution in [-0.4, -0.2) is 25.5 Å². The van der Waals surface area contributed by atoms with E-state index < -0.39 is 0 Å². The molecule has 9 heavy (non-hydrogen) atoms. The molecule has 0 saturated heterocycles. The Hall–Kier alpha value is -0.300. The van der Waals surface area contributed by atoms with Gasteiger partial charge in [0.15, 0.2) is 0 Å². The van der Waals surface area contributed by atoms with Gasteiger partial charge in [-0.05, 0) is 26.4 Å². The topological polar surface area (TPSA) is 3.24 Å². The molecule has 1 fully saturated rings. The van der Waals surface area contributed by atoms with Gasteiger partial charge in [0, 0.05) is 6.54 Å². The lowest BCUT2D eigenvalue weighted by molar-refractivity contribution is 0.456. The Morgan fingerprint density at radius 2 is 2.22 bits per heavy atom. The van der Waals surface area contributed by atoms with Crippen LogP contribution in [0.2, 0.25) is 0 Å². The van der Waals surface area contributed by atoms with Gasteiger partial charge >= 0.3 is 0 Å². The summed E-state index contributed by atoms with van der Waals surface area (Å²) in [5, 5.41) is 0. The van der Waals surface area contributed by atoms with Crippen LogP contribution >= 0.6 is 0 Å². The van der Waals surface area contributed by atoms with Crippen LogP contribution < -0.4 is 0 Å². The lowest BCUT2D eigenvalue weighted by Gasteiger charge is -2.02. The molecule has 1 rings (SSSR count). The predicted octanol–water partition coefficient (Wildman–Crippen LogP) is 1.51. The molecule has 0 aliphatic heterocycles. The van der Waals surface area contributed by atoms with Crippen molar-refractivity contribution >= 4 is 0 Å². The first-order valence-corrected chi connectivity index (χ1v) is 3.54. The van der Waals surface area contributed by atoms with Gasteiger partial charge in [-0.1, -0.05) is 18.6 Å². The van der Waals surface area contributed by atoms with Gasteiger partial charge in [-0.15, -0.1) is 0 Å². The third-order valence-electron chi connectivity index (χ3n) is 1.73. The van der Waals surface area contributed by atoms with Gasteiger partial charge in [0.05, 0.1) is 0 Å². The van der Waals surface area contributed by atoms with Crippen LogP contribution in [-0.2, 0) is 0 Å². The van der Waals surface area contributed by atoms with Gasteiger partial charge in [0.2, 0.25) is 0 Å². The van der Waals surface area contributed by atoms with Crippen molar-refractivity contribution in [2.24, 2.45) is 5.92 Å². The van der Waals surface area contributed by atoms with Gasteiger partial charge in [0.1, 0.15) is 0 Å². The zero-order valence-corrected chi connectivity index (χ0v) is 6.52. The quantitative estimate of drug-likeness (QED) is 0.506. The Morgan fingerprint density at radius 3 is 2.56 bits per heavy atom. The Morgan fingerprint density at radius 1 is 1.67 bits per heavy atom. The first-order chi connectivity index (χ1) is 4.20. The Labute approximate surface area is 57.4 Å². The highest BCUT2D eigenvalue weighted by Crippen LogP contribution is 2.36. The van der Waals surface area contributed by atoms with E-state index in [1.54, 1.807) is 5.57 Å². The number of hydrogen-bond acceptors (Lipinski definition) is 1. The summed E-state index contributed by atoms with van der Waals surface area (Å²) in [6.45, 7) is 3.39. The highest BCUT2D eigenvalue weighted by atomic mass is 15.0. The maximum Gasteiger partial charge on any atom is 0.0159 e. The molecule has 52 valence electrons. The molecule has 1 aliphatic carbocycles. The minimum Gasteiger partial charge on any atom is -0.306 e. The van der Waals surface area contributed by atoms with Gasteiger partial charge in [-0.25, -0.2) is 0 Å². The molecule has 0 heterocycles. The van der Waals surface area contributed by atoms with E-state index in [4.69, 9.17) is 0 Å². The van der Waals surface area contributed by atoms with Crippen LogP contribution in [0.3, 0.4) is 0 Å². The number of allylic oxidation sites excluding steroid dienone is 1. The maximum atomic E-state index is 2.34. The summed E-state index contributed by atoms with van der Waals surface area (Å²) in [4.78, 5) is 2.19. The van der Waals surface area contributed by atoms with Crippen LogP contribution in [0.4, 0.5) is 0 Å². The van der Waals surface area contributed by atoms with E-state index in [9.17, 15) is 0 Å². The molecule has 0 aromatic heterocycles. The molecule has 0 amide bonds. The van der Waals surface area contributed by atoms with E-state index in [-0.39, 0.29) is 0 Å². The lowest BCUT2D eigenvalue weighted by atomic mass is 10.4. The molecule has 1 aliphatic rings.